The fourth-order valence-electron chi connectivity index (χ4n) is 2.17. The zero-order valence-corrected chi connectivity index (χ0v) is 10.9. The lowest BCUT2D eigenvalue weighted by Crippen LogP contribution is -2.50. The molecule has 1 fully saturated rings. The number of hydrogen-bond acceptors (Lipinski definition) is 3. The van der Waals surface area contributed by atoms with E-state index in [9.17, 15) is 9.59 Å². The molecule has 0 aliphatic carbocycles. The van der Waals surface area contributed by atoms with Crippen LogP contribution in [0.2, 0.25) is 0 Å². The molecule has 3 amide bonds. The van der Waals surface area contributed by atoms with Crippen LogP contribution in [-0.4, -0.2) is 57.1 Å². The van der Waals surface area contributed by atoms with E-state index in [1.165, 1.54) is 4.90 Å². The highest BCUT2D eigenvalue weighted by Gasteiger charge is 2.40. The van der Waals surface area contributed by atoms with Crippen LogP contribution in [0.15, 0.2) is 0 Å². The molecule has 0 aromatic heterocycles. The summed E-state index contributed by atoms with van der Waals surface area (Å²) in [6, 6.07) is -0.125. The van der Waals surface area contributed by atoms with Gasteiger partial charge < -0.3 is 10.2 Å². The van der Waals surface area contributed by atoms with E-state index >= 15 is 0 Å². The van der Waals surface area contributed by atoms with Gasteiger partial charge in [-0.25, -0.2) is 14.2 Å². The third-order valence-corrected chi connectivity index (χ3v) is 3.07. The Kier molecular flexibility index (Phi) is 5.47. The summed E-state index contributed by atoms with van der Waals surface area (Å²) in [5.74, 6) is -0.195. The maximum absolute atomic E-state index is 11.9. The van der Waals surface area contributed by atoms with Crippen molar-refractivity contribution in [2.45, 2.75) is 32.6 Å². The van der Waals surface area contributed by atoms with Gasteiger partial charge in [-0.3, -0.25) is 0 Å². The first kappa shape index (κ1) is 15.1. The monoisotopic (exact) mass is 271 g/mol. The number of carbonyl (C=O) groups excluding carboxylic acids is 2. The second-order valence-electron chi connectivity index (χ2n) is 4.60. The number of hydrogen-bond donors (Lipinski definition) is 2. The van der Waals surface area contributed by atoms with Crippen molar-refractivity contribution in [2.75, 3.05) is 13.1 Å². The predicted molar refractivity (Wildman–Crippen MR) is 66.6 cm³/mol. The Morgan fingerprint density at radius 3 is 2.47 bits per heavy atom. The average molecular weight is 271 g/mol. The van der Waals surface area contributed by atoms with E-state index in [0.29, 0.717) is 6.54 Å². The van der Waals surface area contributed by atoms with Crippen molar-refractivity contribution in [3.8, 4) is 0 Å². The van der Waals surface area contributed by atoms with Crippen molar-refractivity contribution < 1.29 is 29.2 Å². The lowest BCUT2D eigenvalue weighted by Gasteiger charge is -2.20. The Morgan fingerprint density at radius 1 is 1.26 bits per heavy atom. The third-order valence-electron chi connectivity index (χ3n) is 3.07. The van der Waals surface area contributed by atoms with Gasteiger partial charge in [0.2, 0.25) is 0 Å². The fourth-order valence-corrected chi connectivity index (χ4v) is 2.17. The molecule has 2 heterocycles. The van der Waals surface area contributed by atoms with Crippen LogP contribution in [0, 0.1) is 5.92 Å². The second kappa shape index (κ2) is 6.86. The van der Waals surface area contributed by atoms with Gasteiger partial charge in [0, 0.05) is 0 Å². The molecule has 1 atom stereocenters. The number of nitrogens with zero attached hydrogens (tertiary/aromatic N) is 2. The standard InChI is InChI=1S/C11H17N2O2.CH2O3/c1-9-8-12-6-4-2-3-5-7-13(10(9)14)11(12)15;2-1(3)4/h8-9H,2-7H2,1H3;(H2,2,3,4)/q+1;. The summed E-state index contributed by atoms with van der Waals surface area (Å²) >= 11 is 0. The summed E-state index contributed by atoms with van der Waals surface area (Å²) < 4.78 is 1.71. The predicted octanol–water partition coefficient (Wildman–Crippen LogP) is 1.46. The molecule has 2 aliphatic heterocycles. The highest BCUT2D eigenvalue weighted by atomic mass is 16.6. The van der Waals surface area contributed by atoms with Crippen molar-refractivity contribution in [1.82, 2.24) is 4.90 Å². The molecule has 2 rings (SSSR count). The number of imide groups is 1. The average Bonchev–Trinajstić information content (AvgIpc) is 2.37. The van der Waals surface area contributed by atoms with Crippen molar-refractivity contribution in [3.05, 3.63) is 0 Å². The molecular formula is C12H19N2O5+. The lowest BCUT2D eigenvalue weighted by molar-refractivity contribution is -0.436. The summed E-state index contributed by atoms with van der Waals surface area (Å²) in [5.41, 5.74) is 0. The molecule has 2 aliphatic rings. The van der Waals surface area contributed by atoms with Gasteiger partial charge in [0.1, 0.15) is 5.92 Å². The Bertz CT molecular complexity index is 401. The molecule has 106 valence electrons. The minimum atomic E-state index is -1.83. The lowest BCUT2D eigenvalue weighted by atomic mass is 10.1. The summed E-state index contributed by atoms with van der Waals surface area (Å²) in [4.78, 5) is 33.6. The van der Waals surface area contributed by atoms with Gasteiger partial charge in [-0.05, 0) is 32.6 Å². The normalized spacial score (nSPS) is 23.3. The van der Waals surface area contributed by atoms with Gasteiger partial charge in [-0.1, -0.05) is 0 Å². The third kappa shape index (κ3) is 4.35. The first-order valence-electron chi connectivity index (χ1n) is 6.32. The van der Waals surface area contributed by atoms with E-state index in [2.05, 4.69) is 0 Å². The van der Waals surface area contributed by atoms with Crippen LogP contribution < -0.4 is 0 Å². The molecule has 0 aromatic carbocycles. The highest BCUT2D eigenvalue weighted by Crippen LogP contribution is 2.14. The van der Waals surface area contributed by atoms with Gasteiger partial charge in [0.05, 0.1) is 19.3 Å². The van der Waals surface area contributed by atoms with Crippen LogP contribution in [0.4, 0.5) is 9.59 Å². The molecule has 2 N–H and O–H groups in total. The van der Waals surface area contributed by atoms with Crippen LogP contribution in [0.25, 0.3) is 0 Å². The number of urea groups is 1. The van der Waals surface area contributed by atoms with Crippen LogP contribution in [0.1, 0.15) is 32.6 Å². The van der Waals surface area contributed by atoms with Crippen LogP contribution in [0.3, 0.4) is 0 Å². The molecule has 7 nitrogen and oxygen atoms in total. The first-order chi connectivity index (χ1) is 8.93. The van der Waals surface area contributed by atoms with Crippen LogP contribution in [0.5, 0.6) is 0 Å². The van der Waals surface area contributed by atoms with Crippen molar-refractivity contribution in [1.29, 1.82) is 0 Å². The number of rotatable bonds is 0. The van der Waals surface area contributed by atoms with E-state index in [0.717, 1.165) is 32.2 Å². The minimum absolute atomic E-state index is 0.0434. The number of carboxylic acid groups (broad SMARTS) is 2. The van der Waals surface area contributed by atoms with E-state index in [4.69, 9.17) is 15.0 Å². The number of carbonyl (C=O) groups is 3. The maximum atomic E-state index is 11.9. The molecule has 0 aromatic rings. The Morgan fingerprint density at radius 2 is 1.84 bits per heavy atom. The van der Waals surface area contributed by atoms with Crippen LogP contribution in [-0.2, 0) is 4.79 Å². The smallest absolute Gasteiger partial charge is 0.450 e. The number of fused-ring (bicyclic) bond motifs is 2. The largest absolute Gasteiger partial charge is 0.503 e. The van der Waals surface area contributed by atoms with Gasteiger partial charge in [0.15, 0.2) is 0 Å². The Hall–Kier alpha value is -1.92. The molecule has 2 bridgehead atoms. The Labute approximate surface area is 111 Å². The topological polar surface area (TPSA) is 97.9 Å². The van der Waals surface area contributed by atoms with Crippen LogP contribution >= 0.6 is 0 Å². The summed E-state index contributed by atoms with van der Waals surface area (Å²) in [6.45, 7) is 3.20. The molecule has 1 unspecified atom stereocenters. The van der Waals surface area contributed by atoms with Gasteiger partial charge in [-0.2, -0.15) is 9.69 Å². The van der Waals surface area contributed by atoms with Crippen molar-refractivity contribution in [3.63, 3.8) is 0 Å². The molecule has 0 saturated carbocycles. The highest BCUT2D eigenvalue weighted by molar-refractivity contribution is 6.03. The first-order valence-corrected chi connectivity index (χ1v) is 6.32. The zero-order valence-electron chi connectivity index (χ0n) is 10.9. The summed E-state index contributed by atoms with van der Waals surface area (Å²) in [5, 5.41) is 13.9. The van der Waals surface area contributed by atoms with Gasteiger partial charge in [0.25, 0.3) is 0 Å². The van der Waals surface area contributed by atoms with Gasteiger partial charge >= 0.3 is 18.1 Å². The van der Waals surface area contributed by atoms with E-state index in [1.54, 1.807) is 10.8 Å². The van der Waals surface area contributed by atoms with E-state index in [-0.39, 0.29) is 17.9 Å². The molecule has 19 heavy (non-hydrogen) atoms. The molecule has 7 heteroatoms. The minimum Gasteiger partial charge on any atom is -0.450 e. The van der Waals surface area contributed by atoms with Gasteiger partial charge in [-0.15, -0.1) is 0 Å². The molecule has 0 spiro atoms. The molecule has 0 radical (unpaired) electrons. The second-order valence-corrected chi connectivity index (χ2v) is 4.60. The zero-order chi connectivity index (χ0) is 14.4. The van der Waals surface area contributed by atoms with Crippen molar-refractivity contribution in [2.24, 2.45) is 5.92 Å². The number of amides is 3. The molecular weight excluding hydrogens is 252 g/mol. The Balaban J connectivity index is 0.000000399. The van der Waals surface area contributed by atoms with Crippen molar-refractivity contribution >= 4 is 24.3 Å². The van der Waals surface area contributed by atoms with E-state index < -0.39 is 6.16 Å². The summed E-state index contributed by atoms with van der Waals surface area (Å²) in [6.07, 6.45) is 4.18. The van der Waals surface area contributed by atoms with E-state index in [1.807, 2.05) is 6.92 Å². The fraction of sp³-hybridized carbons (Fsp3) is 0.667. The quantitative estimate of drug-likeness (QED) is 0.650. The SMILES string of the molecule is CC1C=[N+]2CCCCCCN(C1=O)C2=O.O=C(O)O. The molecule has 1 saturated heterocycles. The maximum Gasteiger partial charge on any atom is 0.503 e. The summed E-state index contributed by atoms with van der Waals surface area (Å²) in [7, 11) is 0.